The molecule has 0 atom stereocenters. The first kappa shape index (κ1) is 14.7. The van der Waals surface area contributed by atoms with Crippen LogP contribution >= 0.6 is 0 Å². The van der Waals surface area contributed by atoms with E-state index in [1.54, 1.807) is 6.07 Å². The SMILES string of the molecule is O=C(CC(=O)Nc1ccccc1F)NCc1ccccc1. The summed E-state index contributed by atoms with van der Waals surface area (Å²) in [6.45, 7) is 0.354. The second-order valence-electron chi connectivity index (χ2n) is 4.47. The van der Waals surface area contributed by atoms with Crippen LogP contribution in [0.1, 0.15) is 12.0 Å². The first-order valence-electron chi connectivity index (χ1n) is 6.50. The zero-order valence-electron chi connectivity index (χ0n) is 11.3. The average Bonchev–Trinajstić information content (AvgIpc) is 2.48. The molecule has 108 valence electrons. The van der Waals surface area contributed by atoms with Crippen molar-refractivity contribution < 1.29 is 14.0 Å². The Morgan fingerprint density at radius 3 is 2.29 bits per heavy atom. The average molecular weight is 286 g/mol. The summed E-state index contributed by atoms with van der Waals surface area (Å²) in [6, 6.07) is 15.2. The van der Waals surface area contributed by atoms with E-state index in [0.29, 0.717) is 6.54 Å². The summed E-state index contributed by atoms with van der Waals surface area (Å²) in [5, 5.41) is 5.00. The number of para-hydroxylation sites is 1. The number of carbonyl (C=O) groups excluding carboxylic acids is 2. The van der Waals surface area contributed by atoms with Crippen LogP contribution in [-0.4, -0.2) is 11.8 Å². The molecule has 0 aliphatic heterocycles. The van der Waals surface area contributed by atoms with Gasteiger partial charge in [-0.25, -0.2) is 4.39 Å². The van der Waals surface area contributed by atoms with Gasteiger partial charge in [0.05, 0.1) is 5.69 Å². The number of hydrogen-bond acceptors (Lipinski definition) is 2. The van der Waals surface area contributed by atoms with Crippen molar-refractivity contribution in [3.8, 4) is 0 Å². The van der Waals surface area contributed by atoms with Crippen molar-refractivity contribution in [2.45, 2.75) is 13.0 Å². The molecule has 2 rings (SSSR count). The van der Waals surface area contributed by atoms with E-state index in [1.807, 2.05) is 30.3 Å². The molecule has 0 bridgehead atoms. The van der Waals surface area contributed by atoms with Crippen molar-refractivity contribution in [3.63, 3.8) is 0 Å². The third-order valence-electron chi connectivity index (χ3n) is 2.80. The maximum atomic E-state index is 13.3. The van der Waals surface area contributed by atoms with Crippen molar-refractivity contribution in [3.05, 3.63) is 66.0 Å². The van der Waals surface area contributed by atoms with Crippen LogP contribution in [0.2, 0.25) is 0 Å². The summed E-state index contributed by atoms with van der Waals surface area (Å²) in [5.74, 6) is -1.49. The molecule has 0 radical (unpaired) electrons. The molecule has 0 unspecified atom stereocenters. The Labute approximate surface area is 122 Å². The van der Waals surface area contributed by atoms with Crippen LogP contribution in [0.25, 0.3) is 0 Å². The van der Waals surface area contributed by atoms with E-state index >= 15 is 0 Å². The topological polar surface area (TPSA) is 58.2 Å². The minimum absolute atomic E-state index is 0.0679. The standard InChI is InChI=1S/C16H15FN2O2/c17-13-8-4-5-9-14(13)19-16(21)10-15(20)18-11-12-6-2-1-3-7-12/h1-9H,10-11H2,(H,18,20)(H,19,21). The number of amides is 2. The summed E-state index contributed by atoms with van der Waals surface area (Å²) in [6.07, 6.45) is -0.346. The summed E-state index contributed by atoms with van der Waals surface area (Å²) < 4.78 is 13.3. The Balaban J connectivity index is 1.80. The zero-order valence-corrected chi connectivity index (χ0v) is 11.3. The molecule has 2 aromatic rings. The maximum absolute atomic E-state index is 13.3. The molecular formula is C16H15FN2O2. The lowest BCUT2D eigenvalue weighted by Gasteiger charge is -2.07. The van der Waals surface area contributed by atoms with Crippen LogP contribution in [-0.2, 0) is 16.1 Å². The van der Waals surface area contributed by atoms with Crippen LogP contribution < -0.4 is 10.6 Å². The number of halogens is 1. The highest BCUT2D eigenvalue weighted by atomic mass is 19.1. The Morgan fingerprint density at radius 1 is 0.905 bits per heavy atom. The fourth-order valence-electron chi connectivity index (χ4n) is 1.76. The van der Waals surface area contributed by atoms with Gasteiger partial charge in [-0.15, -0.1) is 0 Å². The molecule has 0 spiro atoms. The molecular weight excluding hydrogens is 271 g/mol. The largest absolute Gasteiger partial charge is 0.352 e. The van der Waals surface area contributed by atoms with E-state index in [2.05, 4.69) is 10.6 Å². The summed E-state index contributed by atoms with van der Waals surface area (Å²) >= 11 is 0. The molecule has 0 heterocycles. The van der Waals surface area contributed by atoms with Gasteiger partial charge in [0.15, 0.2) is 0 Å². The van der Waals surface area contributed by atoms with Crippen molar-refractivity contribution >= 4 is 17.5 Å². The van der Waals surface area contributed by atoms with Gasteiger partial charge in [0.1, 0.15) is 12.2 Å². The van der Waals surface area contributed by atoms with Gasteiger partial charge in [0.25, 0.3) is 0 Å². The predicted octanol–water partition coefficient (Wildman–Crippen LogP) is 2.47. The van der Waals surface area contributed by atoms with Crippen LogP contribution in [0.4, 0.5) is 10.1 Å². The van der Waals surface area contributed by atoms with Crippen molar-refractivity contribution in [1.29, 1.82) is 0 Å². The van der Waals surface area contributed by atoms with Gasteiger partial charge in [-0.05, 0) is 17.7 Å². The molecule has 0 fully saturated rings. The molecule has 0 aliphatic carbocycles. The number of carbonyl (C=O) groups is 2. The summed E-state index contributed by atoms with van der Waals surface area (Å²) in [5.41, 5.74) is 1.01. The van der Waals surface area contributed by atoms with E-state index in [-0.39, 0.29) is 12.1 Å². The van der Waals surface area contributed by atoms with E-state index in [9.17, 15) is 14.0 Å². The second-order valence-corrected chi connectivity index (χ2v) is 4.47. The molecule has 4 nitrogen and oxygen atoms in total. The third kappa shape index (κ3) is 4.72. The van der Waals surface area contributed by atoms with Gasteiger partial charge in [0.2, 0.25) is 11.8 Å². The van der Waals surface area contributed by atoms with Crippen LogP contribution in [0.15, 0.2) is 54.6 Å². The van der Waals surface area contributed by atoms with E-state index in [4.69, 9.17) is 0 Å². The van der Waals surface area contributed by atoms with Gasteiger partial charge in [-0.1, -0.05) is 42.5 Å². The predicted molar refractivity (Wildman–Crippen MR) is 77.9 cm³/mol. The van der Waals surface area contributed by atoms with Crippen LogP contribution in [0.3, 0.4) is 0 Å². The molecule has 0 aromatic heterocycles. The highest BCUT2D eigenvalue weighted by Crippen LogP contribution is 2.12. The Morgan fingerprint density at radius 2 is 1.57 bits per heavy atom. The number of anilines is 1. The van der Waals surface area contributed by atoms with E-state index in [0.717, 1.165) is 5.56 Å². The first-order chi connectivity index (χ1) is 10.1. The van der Waals surface area contributed by atoms with E-state index in [1.165, 1.54) is 18.2 Å². The molecule has 5 heteroatoms. The number of hydrogen-bond donors (Lipinski definition) is 2. The molecule has 0 aliphatic rings. The Kier molecular flexibility index (Phi) is 5.04. The molecule has 0 saturated heterocycles. The minimum atomic E-state index is -0.550. The summed E-state index contributed by atoms with van der Waals surface area (Å²) in [4.78, 5) is 23.3. The summed E-state index contributed by atoms with van der Waals surface area (Å²) in [7, 11) is 0. The normalized spacial score (nSPS) is 9.95. The van der Waals surface area contributed by atoms with Crippen molar-refractivity contribution in [1.82, 2.24) is 5.32 Å². The van der Waals surface area contributed by atoms with E-state index < -0.39 is 17.6 Å². The number of nitrogens with one attached hydrogen (secondary N) is 2. The second kappa shape index (κ2) is 7.19. The van der Waals surface area contributed by atoms with Crippen LogP contribution in [0, 0.1) is 5.82 Å². The Bertz CT molecular complexity index is 629. The zero-order chi connectivity index (χ0) is 15.1. The lowest BCUT2D eigenvalue weighted by molar-refractivity contribution is -0.126. The Hall–Kier alpha value is -2.69. The fourth-order valence-corrected chi connectivity index (χ4v) is 1.76. The molecule has 0 saturated carbocycles. The highest BCUT2D eigenvalue weighted by Gasteiger charge is 2.11. The maximum Gasteiger partial charge on any atom is 0.233 e. The molecule has 2 N–H and O–H groups in total. The number of benzene rings is 2. The number of rotatable bonds is 5. The van der Waals surface area contributed by atoms with Crippen molar-refractivity contribution in [2.75, 3.05) is 5.32 Å². The van der Waals surface area contributed by atoms with Crippen molar-refractivity contribution in [2.24, 2.45) is 0 Å². The lowest BCUT2D eigenvalue weighted by Crippen LogP contribution is -2.27. The third-order valence-corrected chi connectivity index (χ3v) is 2.80. The highest BCUT2D eigenvalue weighted by molar-refractivity contribution is 6.03. The molecule has 21 heavy (non-hydrogen) atoms. The monoisotopic (exact) mass is 286 g/mol. The quantitative estimate of drug-likeness (QED) is 0.830. The molecule has 2 amide bonds. The van der Waals surface area contributed by atoms with Crippen LogP contribution in [0.5, 0.6) is 0 Å². The smallest absolute Gasteiger partial charge is 0.233 e. The minimum Gasteiger partial charge on any atom is -0.352 e. The fraction of sp³-hybridized carbons (Fsp3) is 0.125. The van der Waals surface area contributed by atoms with Gasteiger partial charge >= 0.3 is 0 Å². The molecule has 2 aromatic carbocycles. The van der Waals surface area contributed by atoms with Gasteiger partial charge < -0.3 is 10.6 Å². The van der Waals surface area contributed by atoms with Gasteiger partial charge in [-0.2, -0.15) is 0 Å². The lowest BCUT2D eigenvalue weighted by atomic mass is 10.2. The van der Waals surface area contributed by atoms with Gasteiger partial charge in [0, 0.05) is 6.54 Å². The first-order valence-corrected chi connectivity index (χ1v) is 6.50. The van der Waals surface area contributed by atoms with Gasteiger partial charge in [-0.3, -0.25) is 9.59 Å².